The summed E-state index contributed by atoms with van der Waals surface area (Å²) in [5.41, 5.74) is -0.890. The first-order valence-electron chi connectivity index (χ1n) is 4.51. The predicted molar refractivity (Wildman–Crippen MR) is 51.2 cm³/mol. The van der Waals surface area contributed by atoms with Crippen LogP contribution in [-0.4, -0.2) is 23.4 Å². The highest BCUT2D eigenvalue weighted by molar-refractivity contribution is 4.86. The molecular weight excluding hydrogens is 152 g/mol. The van der Waals surface area contributed by atoms with Gasteiger partial charge in [-0.2, -0.15) is 0 Å². The Bertz CT molecular complexity index is 131. The second kappa shape index (κ2) is 3.75. The zero-order valence-corrected chi connectivity index (χ0v) is 9.14. The van der Waals surface area contributed by atoms with E-state index in [0.29, 0.717) is 6.61 Å². The second-order valence-corrected chi connectivity index (χ2v) is 4.88. The fourth-order valence-corrected chi connectivity index (χ4v) is 0.545. The lowest BCUT2D eigenvalue weighted by atomic mass is 9.78. The highest BCUT2D eigenvalue weighted by atomic mass is 16.5. The maximum atomic E-state index is 9.97. The van der Waals surface area contributed by atoms with Gasteiger partial charge in [-0.3, -0.25) is 0 Å². The van der Waals surface area contributed by atoms with E-state index in [-0.39, 0.29) is 11.5 Å². The molecule has 0 heterocycles. The van der Waals surface area contributed by atoms with Gasteiger partial charge in [0.2, 0.25) is 0 Å². The summed E-state index contributed by atoms with van der Waals surface area (Å²) in [5.74, 6) is 0. The summed E-state index contributed by atoms with van der Waals surface area (Å²) >= 11 is 0. The molecule has 0 aliphatic heterocycles. The van der Waals surface area contributed by atoms with E-state index in [1.54, 1.807) is 0 Å². The molecule has 12 heavy (non-hydrogen) atoms. The van der Waals surface area contributed by atoms with E-state index >= 15 is 0 Å². The fourth-order valence-electron chi connectivity index (χ4n) is 0.545. The minimum absolute atomic E-state index is 0.137. The average molecular weight is 174 g/mol. The highest BCUT2D eigenvalue weighted by Gasteiger charge is 2.35. The van der Waals surface area contributed by atoms with Crippen LogP contribution in [0.15, 0.2) is 0 Å². The fraction of sp³-hybridized carbons (Fsp3) is 1.00. The van der Waals surface area contributed by atoms with Crippen LogP contribution in [0.1, 0.15) is 41.5 Å². The molecule has 0 rings (SSSR count). The highest BCUT2D eigenvalue weighted by Crippen LogP contribution is 2.30. The second-order valence-electron chi connectivity index (χ2n) is 4.88. The quantitative estimate of drug-likeness (QED) is 0.711. The van der Waals surface area contributed by atoms with Crippen LogP contribution in [0.2, 0.25) is 0 Å². The van der Waals surface area contributed by atoms with Crippen molar-refractivity contribution in [1.82, 2.24) is 0 Å². The zero-order chi connectivity index (χ0) is 9.99. The largest absolute Gasteiger partial charge is 0.387 e. The van der Waals surface area contributed by atoms with Crippen LogP contribution in [0.5, 0.6) is 0 Å². The molecule has 2 nitrogen and oxygen atoms in total. The lowest BCUT2D eigenvalue weighted by Gasteiger charge is -2.37. The summed E-state index contributed by atoms with van der Waals surface area (Å²) in [6.07, 6.45) is 0.179. The van der Waals surface area contributed by atoms with E-state index in [4.69, 9.17) is 4.74 Å². The molecule has 74 valence electrons. The van der Waals surface area contributed by atoms with Crippen molar-refractivity contribution in [3.05, 3.63) is 0 Å². The van der Waals surface area contributed by atoms with Crippen molar-refractivity contribution in [1.29, 1.82) is 0 Å². The Morgan fingerprint density at radius 3 is 1.83 bits per heavy atom. The van der Waals surface area contributed by atoms with Crippen molar-refractivity contribution in [3.8, 4) is 0 Å². The first-order chi connectivity index (χ1) is 5.17. The Balaban J connectivity index is 4.05. The zero-order valence-electron chi connectivity index (χ0n) is 9.14. The van der Waals surface area contributed by atoms with Gasteiger partial charge >= 0.3 is 0 Å². The molecule has 0 aliphatic carbocycles. The van der Waals surface area contributed by atoms with Crippen LogP contribution in [0, 0.1) is 5.41 Å². The van der Waals surface area contributed by atoms with Crippen molar-refractivity contribution < 1.29 is 9.84 Å². The molecule has 0 saturated heterocycles. The first-order valence-corrected chi connectivity index (χ1v) is 4.51. The first kappa shape index (κ1) is 11.9. The summed E-state index contributed by atoms with van der Waals surface area (Å²) in [6.45, 7) is 12.2. The van der Waals surface area contributed by atoms with Gasteiger partial charge in [-0.25, -0.2) is 0 Å². The number of ether oxygens (including phenoxy) is 1. The topological polar surface area (TPSA) is 29.5 Å². The molecule has 0 aromatic rings. The van der Waals surface area contributed by atoms with Crippen LogP contribution < -0.4 is 0 Å². The van der Waals surface area contributed by atoms with Gasteiger partial charge in [0.1, 0.15) is 0 Å². The summed E-state index contributed by atoms with van der Waals surface area (Å²) in [5, 5.41) is 9.97. The van der Waals surface area contributed by atoms with Crippen molar-refractivity contribution in [3.63, 3.8) is 0 Å². The standard InChI is InChI=1S/C10H22O2/c1-8(2)12-7-10(6,11)9(3,4)5/h8,11H,7H2,1-6H3. The average Bonchev–Trinajstić information content (AvgIpc) is 1.81. The molecule has 0 spiro atoms. The third-order valence-corrected chi connectivity index (χ3v) is 2.31. The lowest BCUT2D eigenvalue weighted by molar-refractivity contribution is -0.112. The maximum absolute atomic E-state index is 9.97. The van der Waals surface area contributed by atoms with E-state index in [9.17, 15) is 5.11 Å². The minimum atomic E-state index is -0.753. The van der Waals surface area contributed by atoms with Crippen LogP contribution in [-0.2, 0) is 4.74 Å². The van der Waals surface area contributed by atoms with Crippen LogP contribution in [0.25, 0.3) is 0 Å². The molecule has 0 aromatic heterocycles. The summed E-state index contributed by atoms with van der Waals surface area (Å²) in [7, 11) is 0. The van der Waals surface area contributed by atoms with E-state index < -0.39 is 5.60 Å². The molecule has 0 saturated carbocycles. The Labute approximate surface area is 75.9 Å². The molecular formula is C10H22O2. The van der Waals surface area contributed by atoms with Gasteiger partial charge in [-0.05, 0) is 26.2 Å². The summed E-state index contributed by atoms with van der Waals surface area (Å²) in [6, 6.07) is 0. The predicted octanol–water partition coefficient (Wildman–Crippen LogP) is 2.21. The Kier molecular flexibility index (Phi) is 3.73. The maximum Gasteiger partial charge on any atom is 0.0900 e. The van der Waals surface area contributed by atoms with Gasteiger partial charge in [0, 0.05) is 0 Å². The molecule has 0 aliphatic rings. The monoisotopic (exact) mass is 174 g/mol. The smallest absolute Gasteiger partial charge is 0.0900 e. The van der Waals surface area contributed by atoms with E-state index in [1.807, 2.05) is 41.5 Å². The molecule has 0 aromatic carbocycles. The van der Waals surface area contributed by atoms with Crippen molar-refractivity contribution >= 4 is 0 Å². The summed E-state index contributed by atoms with van der Waals surface area (Å²) in [4.78, 5) is 0. The minimum Gasteiger partial charge on any atom is -0.387 e. The molecule has 0 amide bonds. The number of hydrogen-bond acceptors (Lipinski definition) is 2. The van der Waals surface area contributed by atoms with Crippen LogP contribution in [0.4, 0.5) is 0 Å². The van der Waals surface area contributed by atoms with Crippen LogP contribution in [0.3, 0.4) is 0 Å². The van der Waals surface area contributed by atoms with Gasteiger partial charge in [-0.1, -0.05) is 20.8 Å². The molecule has 0 radical (unpaired) electrons. The summed E-state index contributed by atoms with van der Waals surface area (Å²) < 4.78 is 5.38. The van der Waals surface area contributed by atoms with Crippen molar-refractivity contribution in [2.45, 2.75) is 53.2 Å². The van der Waals surface area contributed by atoms with E-state index in [0.717, 1.165) is 0 Å². The lowest BCUT2D eigenvalue weighted by Crippen LogP contribution is -2.44. The van der Waals surface area contributed by atoms with Crippen molar-refractivity contribution in [2.75, 3.05) is 6.61 Å². The van der Waals surface area contributed by atoms with Gasteiger partial charge in [-0.15, -0.1) is 0 Å². The SMILES string of the molecule is CC(C)OCC(C)(O)C(C)(C)C. The number of rotatable bonds is 3. The van der Waals surface area contributed by atoms with Gasteiger partial charge in [0.05, 0.1) is 18.3 Å². The van der Waals surface area contributed by atoms with Crippen LogP contribution >= 0.6 is 0 Å². The number of aliphatic hydroxyl groups is 1. The third kappa shape index (κ3) is 3.55. The Morgan fingerprint density at radius 2 is 1.58 bits per heavy atom. The molecule has 1 atom stereocenters. The van der Waals surface area contributed by atoms with Gasteiger partial charge < -0.3 is 9.84 Å². The molecule has 0 fully saturated rings. The normalized spacial score (nSPS) is 18.0. The van der Waals surface area contributed by atoms with Gasteiger partial charge in [0.25, 0.3) is 0 Å². The molecule has 0 bridgehead atoms. The van der Waals surface area contributed by atoms with Crippen molar-refractivity contribution in [2.24, 2.45) is 5.41 Å². The molecule has 2 heteroatoms. The van der Waals surface area contributed by atoms with Gasteiger partial charge in [0.15, 0.2) is 0 Å². The molecule has 1 unspecified atom stereocenters. The Hall–Kier alpha value is -0.0800. The van der Waals surface area contributed by atoms with E-state index in [2.05, 4.69) is 0 Å². The van der Waals surface area contributed by atoms with E-state index in [1.165, 1.54) is 0 Å². The number of hydrogen-bond donors (Lipinski definition) is 1. The molecule has 1 N–H and O–H groups in total. The Morgan fingerprint density at radius 1 is 1.17 bits per heavy atom. The third-order valence-electron chi connectivity index (χ3n) is 2.31.